The van der Waals surface area contributed by atoms with Crippen molar-refractivity contribution in [3.63, 3.8) is 0 Å². The quantitative estimate of drug-likeness (QED) is 0.503. The number of nitrogens with two attached hydrogens (primary N) is 2. The lowest BCUT2D eigenvalue weighted by Crippen LogP contribution is -2.26. The van der Waals surface area contributed by atoms with Crippen LogP contribution in [-0.2, 0) is 0 Å². The summed E-state index contributed by atoms with van der Waals surface area (Å²) in [5, 5.41) is 0. The summed E-state index contributed by atoms with van der Waals surface area (Å²) in [5.41, 5.74) is 10.8. The van der Waals surface area contributed by atoms with Gasteiger partial charge in [0.1, 0.15) is 0 Å². The molecular weight excluding hydrogens is 107 g/mol. The van der Waals surface area contributed by atoms with Crippen molar-refractivity contribution in [3.05, 3.63) is 0 Å². The van der Waals surface area contributed by atoms with Crippen LogP contribution in [-0.4, -0.2) is 25.7 Å². The Labute approximate surface area is 46.0 Å². The molecule has 0 amide bonds. The van der Waals surface area contributed by atoms with Crippen LogP contribution in [0.1, 0.15) is 0 Å². The molecule has 0 fully saturated rings. The predicted molar refractivity (Wildman–Crippen MR) is 35.8 cm³/mol. The Morgan fingerprint density at radius 2 is 2.00 bits per heavy atom. The van der Waals surface area contributed by atoms with Gasteiger partial charge in [-0.3, -0.25) is 0 Å². The molecule has 0 saturated carbocycles. The highest BCUT2D eigenvalue weighted by molar-refractivity contribution is 7.56. The molecule has 0 aliphatic carbocycles. The molecule has 0 saturated heterocycles. The van der Waals surface area contributed by atoms with E-state index in [-0.39, 0.29) is 13.7 Å². The van der Waals surface area contributed by atoms with E-state index in [4.69, 9.17) is 11.5 Å². The number of hydrogen-bond acceptors (Lipinski definition) is 2. The standard InChI is InChI=1S/C4H13N2P/c1-7(2)4(6)3-5/h4H,3,5-6H2,1-2H3. The minimum Gasteiger partial charge on any atom is -0.329 e. The lowest BCUT2D eigenvalue weighted by molar-refractivity contribution is 0.901. The van der Waals surface area contributed by atoms with Crippen molar-refractivity contribution in [1.29, 1.82) is 0 Å². The molecule has 1 unspecified atom stereocenters. The van der Waals surface area contributed by atoms with Gasteiger partial charge in [-0.05, 0) is 13.3 Å². The molecule has 1 atom stereocenters. The molecule has 0 spiro atoms. The molecule has 4 N–H and O–H groups in total. The zero-order chi connectivity index (χ0) is 5.86. The van der Waals surface area contributed by atoms with E-state index in [0.29, 0.717) is 6.54 Å². The third kappa shape index (κ3) is 2.98. The average molecular weight is 120 g/mol. The highest BCUT2D eigenvalue weighted by atomic mass is 31.1. The monoisotopic (exact) mass is 120 g/mol. The molecule has 0 radical (unpaired) electrons. The largest absolute Gasteiger partial charge is 0.329 e. The molecule has 0 aliphatic rings. The topological polar surface area (TPSA) is 52.0 Å². The smallest absolute Gasteiger partial charge is 0.0361 e. The fourth-order valence-electron chi connectivity index (χ4n) is 0.211. The maximum absolute atomic E-state index is 5.52. The minimum absolute atomic E-state index is 0.00900. The summed E-state index contributed by atoms with van der Waals surface area (Å²) in [6, 6.07) is 0. The third-order valence-electron chi connectivity index (χ3n) is 0.905. The van der Waals surface area contributed by atoms with E-state index in [1.54, 1.807) is 0 Å². The normalized spacial score (nSPS) is 15.0. The Hall–Kier alpha value is 0.350. The van der Waals surface area contributed by atoms with Gasteiger partial charge < -0.3 is 11.5 Å². The summed E-state index contributed by atoms with van der Waals surface area (Å²) in [4.78, 5) is 0. The van der Waals surface area contributed by atoms with Crippen molar-refractivity contribution in [2.75, 3.05) is 19.9 Å². The maximum atomic E-state index is 5.52. The van der Waals surface area contributed by atoms with Gasteiger partial charge in [0.2, 0.25) is 0 Å². The first-order valence-electron chi connectivity index (χ1n) is 2.30. The number of hydrogen-bond donors (Lipinski definition) is 2. The number of rotatable bonds is 2. The highest BCUT2D eigenvalue weighted by Crippen LogP contribution is 2.26. The molecule has 0 aromatic carbocycles. The summed E-state index contributed by atoms with van der Waals surface area (Å²) < 4.78 is 0. The van der Waals surface area contributed by atoms with E-state index < -0.39 is 0 Å². The van der Waals surface area contributed by atoms with Gasteiger partial charge >= 0.3 is 0 Å². The molecular formula is C4H13N2P. The molecule has 0 aromatic rings. The van der Waals surface area contributed by atoms with Crippen molar-refractivity contribution in [2.45, 2.75) is 5.78 Å². The van der Waals surface area contributed by atoms with E-state index in [9.17, 15) is 0 Å². The molecule has 2 nitrogen and oxygen atoms in total. The van der Waals surface area contributed by atoms with Crippen LogP contribution in [0.25, 0.3) is 0 Å². The Kier molecular flexibility index (Phi) is 3.53. The lowest BCUT2D eigenvalue weighted by Gasteiger charge is -2.11. The van der Waals surface area contributed by atoms with Crippen molar-refractivity contribution in [1.82, 2.24) is 0 Å². The second-order valence-corrected chi connectivity index (χ2v) is 4.36. The lowest BCUT2D eigenvalue weighted by atomic mass is 10.7. The minimum atomic E-state index is -0.00900. The van der Waals surface area contributed by atoms with Gasteiger partial charge in [-0.25, -0.2) is 0 Å². The third-order valence-corrected chi connectivity index (χ3v) is 2.44. The first kappa shape index (κ1) is 7.35. The van der Waals surface area contributed by atoms with Gasteiger partial charge in [0.15, 0.2) is 0 Å². The molecule has 0 rings (SSSR count). The summed E-state index contributed by atoms with van der Waals surface area (Å²) in [6.45, 7) is 4.89. The first-order chi connectivity index (χ1) is 3.18. The van der Waals surface area contributed by atoms with Crippen LogP contribution in [0.5, 0.6) is 0 Å². The van der Waals surface area contributed by atoms with Crippen LogP contribution < -0.4 is 11.5 Å². The zero-order valence-electron chi connectivity index (χ0n) is 4.89. The Balaban J connectivity index is 3.14. The fraction of sp³-hybridized carbons (Fsp3) is 1.00. The van der Waals surface area contributed by atoms with Crippen LogP contribution in [0, 0.1) is 0 Å². The van der Waals surface area contributed by atoms with Crippen LogP contribution in [0.3, 0.4) is 0 Å². The average Bonchev–Trinajstić information content (AvgIpc) is 1.65. The van der Waals surface area contributed by atoms with Crippen molar-refractivity contribution in [2.24, 2.45) is 11.5 Å². The van der Waals surface area contributed by atoms with Gasteiger partial charge in [-0.15, -0.1) is 0 Å². The molecule has 44 valence electrons. The Bertz CT molecular complexity index is 47.0. The van der Waals surface area contributed by atoms with E-state index in [1.165, 1.54) is 0 Å². The van der Waals surface area contributed by atoms with E-state index in [2.05, 4.69) is 13.3 Å². The molecule has 0 bridgehead atoms. The Morgan fingerprint density at radius 1 is 1.57 bits per heavy atom. The Morgan fingerprint density at radius 3 is 2.00 bits per heavy atom. The van der Waals surface area contributed by atoms with Crippen LogP contribution in [0.15, 0.2) is 0 Å². The van der Waals surface area contributed by atoms with Gasteiger partial charge in [0.25, 0.3) is 0 Å². The maximum Gasteiger partial charge on any atom is 0.0361 e. The van der Waals surface area contributed by atoms with Crippen molar-refractivity contribution in [3.8, 4) is 0 Å². The molecule has 0 heterocycles. The van der Waals surface area contributed by atoms with E-state index in [0.717, 1.165) is 0 Å². The summed E-state index contributed by atoms with van der Waals surface area (Å²) >= 11 is 0. The van der Waals surface area contributed by atoms with Gasteiger partial charge in [0.05, 0.1) is 0 Å². The SMILES string of the molecule is CP(C)C(N)CN. The van der Waals surface area contributed by atoms with E-state index in [1.807, 2.05) is 0 Å². The summed E-state index contributed by atoms with van der Waals surface area (Å²) in [5.74, 6) is 0.245. The highest BCUT2D eigenvalue weighted by Gasteiger charge is 2.00. The summed E-state index contributed by atoms with van der Waals surface area (Å²) in [6.07, 6.45) is 0. The van der Waals surface area contributed by atoms with Crippen molar-refractivity contribution >= 4 is 7.92 Å². The van der Waals surface area contributed by atoms with Crippen molar-refractivity contribution < 1.29 is 0 Å². The molecule has 7 heavy (non-hydrogen) atoms. The van der Waals surface area contributed by atoms with Crippen LogP contribution in [0.2, 0.25) is 0 Å². The van der Waals surface area contributed by atoms with Gasteiger partial charge in [0, 0.05) is 12.3 Å². The van der Waals surface area contributed by atoms with Crippen LogP contribution in [0.4, 0.5) is 0 Å². The molecule has 0 aromatic heterocycles. The van der Waals surface area contributed by atoms with Gasteiger partial charge in [-0.1, -0.05) is 7.92 Å². The van der Waals surface area contributed by atoms with E-state index >= 15 is 0 Å². The molecule has 3 heteroatoms. The summed E-state index contributed by atoms with van der Waals surface area (Å²) in [7, 11) is -0.00900. The second-order valence-electron chi connectivity index (χ2n) is 1.77. The zero-order valence-corrected chi connectivity index (χ0v) is 5.78. The first-order valence-corrected chi connectivity index (χ1v) is 4.61. The van der Waals surface area contributed by atoms with Gasteiger partial charge in [-0.2, -0.15) is 0 Å². The molecule has 0 aliphatic heterocycles. The van der Waals surface area contributed by atoms with Crippen LogP contribution >= 0.6 is 7.92 Å². The predicted octanol–water partition coefficient (Wildman–Crippen LogP) is -0.0286. The second kappa shape index (κ2) is 3.36. The fourth-order valence-corrected chi connectivity index (χ4v) is 0.632.